The topological polar surface area (TPSA) is 193 Å². The molecule has 4 aromatic rings. The highest BCUT2D eigenvalue weighted by Crippen LogP contribution is 2.47. The lowest BCUT2D eigenvalue weighted by Gasteiger charge is -2.34. The summed E-state index contributed by atoms with van der Waals surface area (Å²) in [5.74, 6) is 0.111. The Hall–Kier alpha value is -5.03. The maximum Gasteiger partial charge on any atom is 0.362 e. The Morgan fingerprint density at radius 3 is 2.40 bits per heavy atom. The van der Waals surface area contributed by atoms with Gasteiger partial charge in [0.1, 0.15) is 16.8 Å². The molecule has 0 aliphatic carbocycles. The molecule has 0 bridgehead atoms. The van der Waals surface area contributed by atoms with Crippen LogP contribution in [0.3, 0.4) is 0 Å². The number of methoxy groups -OCH3 is 1. The fourth-order valence-electron chi connectivity index (χ4n) is 8.02. The smallest absolute Gasteiger partial charge is 0.362 e. The molecule has 1 atom stereocenters. The normalized spacial score (nSPS) is 16.9. The summed E-state index contributed by atoms with van der Waals surface area (Å²) in [6.07, 6.45) is 9.18. The Morgan fingerprint density at radius 2 is 1.63 bits per heavy atom. The third-order valence-corrected chi connectivity index (χ3v) is 14.8. The Labute approximate surface area is 376 Å². The Kier molecular flexibility index (Phi) is 15.4. The van der Waals surface area contributed by atoms with Gasteiger partial charge in [-0.3, -0.25) is 34.0 Å². The van der Waals surface area contributed by atoms with E-state index in [0.717, 1.165) is 85.8 Å². The number of unbranched alkanes of at least 4 members (excludes halogenated alkanes) is 4. The quantitative estimate of drug-likeness (QED) is 0.0296. The molecule has 3 aliphatic heterocycles. The van der Waals surface area contributed by atoms with Crippen molar-refractivity contribution in [2.45, 2.75) is 74.8 Å². The number of benzene rings is 3. The number of nitrogens with one attached hydrogen (secondary N) is 4. The lowest BCUT2D eigenvalue weighted by molar-refractivity contribution is -0.136. The van der Waals surface area contributed by atoms with Gasteiger partial charge in [-0.1, -0.05) is 49.1 Å². The van der Waals surface area contributed by atoms with E-state index >= 15 is 0 Å². The number of nitrogens with zero attached hydrogens (tertiary/aromatic N) is 4. The van der Waals surface area contributed by atoms with Crippen LogP contribution in [0, 0.1) is 0 Å². The molecule has 4 N–H and O–H groups in total. The van der Waals surface area contributed by atoms with Crippen LogP contribution in [0.25, 0.3) is 0 Å². The molecule has 3 aliphatic rings. The fourth-order valence-corrected chi connectivity index (χ4v) is 10.5. The molecule has 4 amide bonds. The minimum atomic E-state index is -3.56. The van der Waals surface area contributed by atoms with E-state index in [-0.39, 0.29) is 29.7 Å². The Morgan fingerprint density at radius 1 is 0.873 bits per heavy atom. The standard InChI is InChI=1S/C44H52ClN8O8PS/c1-59-35-26-29(16-17-32(35)49-44-47-27-31(45)40(51-44)48-33-13-7-8-14-36(33)62(58,60-2)61-3)52-23-20-28(21-24-52)46-22-9-5-4-6-10-25-63-37-15-11-12-30-39(37)43(57)53(42(30)56)34-18-19-38(54)50-41(34)55/h7-8,11-17,26-28,34,46H,4-6,9-10,18-25H2,1-3H3,(H,50,54,55)(H2,47,48,49,51). The molecule has 4 heterocycles. The van der Waals surface area contributed by atoms with E-state index in [1.807, 2.05) is 18.2 Å². The number of halogens is 1. The second-order valence-electron chi connectivity index (χ2n) is 15.4. The van der Waals surface area contributed by atoms with Gasteiger partial charge >= 0.3 is 7.60 Å². The van der Waals surface area contributed by atoms with Gasteiger partial charge < -0.3 is 34.6 Å². The zero-order chi connectivity index (χ0) is 44.5. The second-order valence-corrected chi connectivity index (χ2v) is 19.1. The summed E-state index contributed by atoms with van der Waals surface area (Å²) in [5.41, 5.74) is 2.89. The van der Waals surface area contributed by atoms with Crippen LogP contribution in [0.2, 0.25) is 5.02 Å². The number of piperidine rings is 2. The van der Waals surface area contributed by atoms with Gasteiger partial charge in [0.2, 0.25) is 17.8 Å². The monoisotopic (exact) mass is 918 g/mol. The van der Waals surface area contributed by atoms with Crippen LogP contribution in [0.5, 0.6) is 5.75 Å². The molecule has 1 aromatic heterocycles. The number of thioether (sulfide) groups is 1. The third kappa shape index (κ3) is 10.7. The highest BCUT2D eigenvalue weighted by molar-refractivity contribution is 7.99. The first-order chi connectivity index (χ1) is 30.5. The molecule has 2 fully saturated rings. The number of carbonyl (C=O) groups excluding carboxylic acids is 4. The number of aromatic nitrogens is 2. The molecule has 0 spiro atoms. The summed E-state index contributed by atoms with van der Waals surface area (Å²) < 4.78 is 29.4. The predicted molar refractivity (Wildman–Crippen MR) is 244 cm³/mol. The van der Waals surface area contributed by atoms with Crippen molar-refractivity contribution in [1.82, 2.24) is 25.5 Å². The first-order valence-corrected chi connectivity index (χ1v) is 24.0. The van der Waals surface area contributed by atoms with E-state index < -0.39 is 31.4 Å². The maximum absolute atomic E-state index is 13.4. The number of carbonyl (C=O) groups is 4. The molecule has 1 unspecified atom stereocenters. The molecular formula is C44H52ClN8O8PS. The molecule has 0 radical (unpaired) electrons. The minimum absolute atomic E-state index is 0.0952. The van der Waals surface area contributed by atoms with Crippen molar-refractivity contribution < 1.29 is 37.5 Å². The fraction of sp³-hybridized carbons (Fsp3) is 0.409. The van der Waals surface area contributed by atoms with Gasteiger partial charge in [-0.05, 0) is 80.8 Å². The third-order valence-electron chi connectivity index (χ3n) is 11.4. The van der Waals surface area contributed by atoms with Gasteiger partial charge in [0.05, 0.1) is 41.1 Å². The summed E-state index contributed by atoms with van der Waals surface area (Å²) in [6.45, 7) is 2.81. The number of hydrogen-bond acceptors (Lipinski definition) is 15. The molecule has 2 saturated heterocycles. The maximum atomic E-state index is 13.4. The number of anilines is 5. The Bertz CT molecular complexity index is 2380. The lowest BCUT2D eigenvalue weighted by Crippen LogP contribution is -2.54. The first-order valence-electron chi connectivity index (χ1n) is 21.0. The predicted octanol–water partition coefficient (Wildman–Crippen LogP) is 7.44. The van der Waals surface area contributed by atoms with E-state index in [4.69, 9.17) is 25.4 Å². The van der Waals surface area contributed by atoms with E-state index in [9.17, 15) is 23.7 Å². The summed E-state index contributed by atoms with van der Waals surface area (Å²) in [6, 6.07) is 17.7. The molecular weight excluding hydrogens is 867 g/mol. The summed E-state index contributed by atoms with van der Waals surface area (Å²) in [4.78, 5) is 63.6. The van der Waals surface area contributed by atoms with Crippen LogP contribution in [0.4, 0.5) is 28.8 Å². The molecule has 63 heavy (non-hydrogen) atoms. The van der Waals surface area contributed by atoms with E-state index in [0.29, 0.717) is 45.4 Å². The molecule has 3 aromatic carbocycles. The lowest BCUT2D eigenvalue weighted by atomic mass is 10.0. The van der Waals surface area contributed by atoms with Crippen LogP contribution in [0.1, 0.15) is 78.5 Å². The SMILES string of the molecule is COc1cc(N2CCC(NCCCCCCCSc3cccc4c3C(=O)N(C3CCC(=O)NC3=O)C4=O)CC2)ccc1Nc1ncc(Cl)c(Nc2ccccc2P(=O)(OC)OC)n1. The van der Waals surface area contributed by atoms with Crippen molar-refractivity contribution in [3.63, 3.8) is 0 Å². The highest BCUT2D eigenvalue weighted by atomic mass is 35.5. The van der Waals surface area contributed by atoms with Crippen molar-refractivity contribution in [1.29, 1.82) is 0 Å². The highest BCUT2D eigenvalue weighted by Gasteiger charge is 2.45. The largest absolute Gasteiger partial charge is 0.494 e. The van der Waals surface area contributed by atoms with Crippen molar-refractivity contribution in [3.05, 3.63) is 83.0 Å². The average Bonchev–Trinajstić information content (AvgIpc) is 3.55. The number of imide groups is 2. The Balaban J connectivity index is 0.812. The number of hydrogen-bond donors (Lipinski definition) is 4. The van der Waals surface area contributed by atoms with Crippen LogP contribution in [-0.4, -0.2) is 97.3 Å². The number of para-hydroxylation sites is 1. The minimum Gasteiger partial charge on any atom is -0.494 e. The van der Waals surface area contributed by atoms with Crippen molar-refractivity contribution in [2.75, 3.05) is 62.3 Å². The number of fused-ring (bicyclic) bond motifs is 1. The number of ether oxygens (including phenoxy) is 1. The molecule has 334 valence electrons. The molecule has 16 nitrogen and oxygen atoms in total. The van der Waals surface area contributed by atoms with Gasteiger partial charge in [-0.25, -0.2) is 4.98 Å². The summed E-state index contributed by atoms with van der Waals surface area (Å²) in [5, 5.41) is 13.0. The van der Waals surface area contributed by atoms with E-state index in [1.165, 1.54) is 20.4 Å². The zero-order valence-electron chi connectivity index (χ0n) is 35.5. The van der Waals surface area contributed by atoms with Gasteiger partial charge in [0.25, 0.3) is 11.8 Å². The van der Waals surface area contributed by atoms with Crippen molar-refractivity contribution >= 4 is 88.7 Å². The van der Waals surface area contributed by atoms with Gasteiger partial charge in [0.15, 0.2) is 5.82 Å². The molecule has 0 saturated carbocycles. The number of rotatable bonds is 20. The number of amides is 4. The van der Waals surface area contributed by atoms with Crippen LogP contribution in [-0.2, 0) is 23.2 Å². The summed E-state index contributed by atoms with van der Waals surface area (Å²) >= 11 is 8.04. The molecule has 19 heteroatoms. The van der Waals surface area contributed by atoms with Gasteiger partial charge in [0, 0.05) is 56.4 Å². The van der Waals surface area contributed by atoms with Crippen molar-refractivity contribution in [3.8, 4) is 5.75 Å². The molecule has 7 rings (SSSR count). The van der Waals surface area contributed by atoms with Gasteiger partial charge in [-0.15, -0.1) is 11.8 Å². The van der Waals surface area contributed by atoms with Gasteiger partial charge in [-0.2, -0.15) is 4.98 Å². The van der Waals surface area contributed by atoms with E-state index in [1.54, 1.807) is 55.3 Å². The van der Waals surface area contributed by atoms with Crippen molar-refractivity contribution in [2.24, 2.45) is 0 Å². The summed E-state index contributed by atoms with van der Waals surface area (Å²) in [7, 11) is 0.721. The van der Waals surface area contributed by atoms with Crippen LogP contribution in [0.15, 0.2) is 71.8 Å². The first kappa shape index (κ1) is 46.0. The average molecular weight is 919 g/mol. The van der Waals surface area contributed by atoms with Crippen LogP contribution < -0.4 is 36.2 Å². The zero-order valence-corrected chi connectivity index (χ0v) is 38.0. The second kappa shape index (κ2) is 21.1. The van der Waals surface area contributed by atoms with E-state index in [2.05, 4.69) is 42.2 Å². The van der Waals surface area contributed by atoms with Crippen LogP contribution >= 0.6 is 31.0 Å².